The molecule has 0 aliphatic carbocycles. The van der Waals surface area contributed by atoms with Gasteiger partial charge in [0, 0.05) is 66.9 Å². The first-order chi connectivity index (χ1) is 20.0. The molecule has 2 fully saturated rings. The molecule has 12 heteroatoms. The van der Waals surface area contributed by atoms with Gasteiger partial charge in [0.05, 0.1) is 5.39 Å². The van der Waals surface area contributed by atoms with E-state index in [-0.39, 0.29) is 5.91 Å². The summed E-state index contributed by atoms with van der Waals surface area (Å²) in [6.07, 6.45) is 4.11. The Morgan fingerprint density at radius 1 is 1.02 bits per heavy atom. The number of fused-ring (bicyclic) bond motifs is 1. The van der Waals surface area contributed by atoms with E-state index in [4.69, 9.17) is 11.6 Å². The Kier molecular flexibility index (Phi) is 8.27. The van der Waals surface area contributed by atoms with Crippen LogP contribution in [0.25, 0.3) is 11.0 Å². The number of piperazine rings is 1. The van der Waals surface area contributed by atoms with E-state index in [1.165, 1.54) is 12.8 Å². The van der Waals surface area contributed by atoms with E-state index in [1.807, 2.05) is 24.3 Å². The second-order valence-corrected chi connectivity index (χ2v) is 11.7. The molecule has 0 bridgehead atoms. The van der Waals surface area contributed by atoms with Crippen LogP contribution in [0.1, 0.15) is 28.8 Å². The zero-order valence-corrected chi connectivity index (χ0v) is 25.3. The Labute approximate surface area is 252 Å². The average Bonchev–Trinajstić information content (AvgIpc) is 3.65. The highest BCUT2D eigenvalue weighted by atomic mass is 79.9. The van der Waals surface area contributed by atoms with E-state index < -0.39 is 0 Å². The first-order valence-electron chi connectivity index (χ1n) is 14.0. The summed E-state index contributed by atoms with van der Waals surface area (Å²) in [6.45, 7) is 9.42. The molecule has 0 saturated carbocycles. The van der Waals surface area contributed by atoms with Gasteiger partial charge in [-0.1, -0.05) is 11.6 Å². The van der Waals surface area contributed by atoms with Crippen LogP contribution in [0.2, 0.25) is 5.02 Å². The van der Waals surface area contributed by atoms with Crippen LogP contribution >= 0.6 is 27.5 Å². The number of rotatable bonds is 8. The molecule has 3 N–H and O–H groups in total. The van der Waals surface area contributed by atoms with Crippen molar-refractivity contribution in [2.75, 3.05) is 72.8 Å². The number of nitrogens with zero attached hydrogens (tertiary/aromatic N) is 6. The van der Waals surface area contributed by atoms with Crippen molar-refractivity contribution in [1.29, 1.82) is 0 Å². The number of carbonyl (C=O) groups is 1. The Bertz CT molecular complexity index is 1530. The maximum Gasteiger partial charge on any atom is 0.255 e. The van der Waals surface area contributed by atoms with Crippen LogP contribution in [0.5, 0.6) is 0 Å². The maximum absolute atomic E-state index is 13.4. The molecule has 4 heterocycles. The zero-order chi connectivity index (χ0) is 28.3. The van der Waals surface area contributed by atoms with Crippen molar-refractivity contribution in [1.82, 2.24) is 25.1 Å². The minimum Gasteiger partial charge on any atom is -0.383 e. The second-order valence-electron chi connectivity index (χ2n) is 10.5. The molecule has 0 unspecified atom stereocenters. The third-order valence-electron chi connectivity index (χ3n) is 7.90. The van der Waals surface area contributed by atoms with E-state index in [0.717, 1.165) is 80.5 Å². The van der Waals surface area contributed by atoms with Crippen molar-refractivity contribution in [2.24, 2.45) is 0 Å². The quantitative estimate of drug-likeness (QED) is 0.243. The average molecular weight is 639 g/mol. The number of hydrogen-bond donors (Lipinski definition) is 3. The highest BCUT2D eigenvalue weighted by Gasteiger charge is 2.25. The van der Waals surface area contributed by atoms with Crippen LogP contribution in [-0.4, -0.2) is 83.3 Å². The molecule has 0 spiro atoms. The summed E-state index contributed by atoms with van der Waals surface area (Å²) >= 11 is 9.57. The Morgan fingerprint density at radius 3 is 2.51 bits per heavy atom. The molecule has 41 heavy (non-hydrogen) atoms. The largest absolute Gasteiger partial charge is 0.383 e. The van der Waals surface area contributed by atoms with E-state index in [0.29, 0.717) is 26.5 Å². The minimum atomic E-state index is -0.150. The first-order valence-corrected chi connectivity index (χ1v) is 15.2. The van der Waals surface area contributed by atoms with Crippen LogP contribution in [0.3, 0.4) is 0 Å². The van der Waals surface area contributed by atoms with Crippen molar-refractivity contribution >= 4 is 67.4 Å². The van der Waals surface area contributed by atoms with Crippen molar-refractivity contribution < 1.29 is 4.79 Å². The van der Waals surface area contributed by atoms with Gasteiger partial charge in [-0.05, 0) is 90.7 Å². The Morgan fingerprint density at radius 2 is 1.76 bits per heavy atom. The lowest BCUT2D eigenvalue weighted by Crippen LogP contribution is -2.47. The summed E-state index contributed by atoms with van der Waals surface area (Å²) < 4.78 is 0.713. The standard InChI is InChI=1S/C29H33BrClN9O/c1-19-23(32-8-11-38-9-2-3-10-38)16-20(29(41)35-22-6-4-21(31)5-7-22)17-24(19)39-12-14-40(15-13-39)28-25-26(30)36-37-27(25)33-18-34-28/h4-7,16-18,32H,2-3,8-15H2,1H3,(H,35,41)(H,33,34,36,37). The molecular formula is C29H33BrClN9O. The van der Waals surface area contributed by atoms with Crippen LogP contribution < -0.4 is 20.4 Å². The molecule has 4 aromatic rings. The summed E-state index contributed by atoms with van der Waals surface area (Å²) in [4.78, 5) is 29.4. The number of hydrogen-bond acceptors (Lipinski definition) is 8. The lowest BCUT2D eigenvalue weighted by Gasteiger charge is -2.38. The summed E-state index contributed by atoms with van der Waals surface area (Å²) in [5, 5.41) is 15.4. The molecule has 0 atom stereocenters. The van der Waals surface area contributed by atoms with Gasteiger partial charge in [0.15, 0.2) is 5.65 Å². The fourth-order valence-electron chi connectivity index (χ4n) is 5.64. The monoisotopic (exact) mass is 637 g/mol. The van der Waals surface area contributed by atoms with Crippen molar-refractivity contribution in [3.63, 3.8) is 0 Å². The Hall–Kier alpha value is -3.41. The van der Waals surface area contributed by atoms with E-state index >= 15 is 0 Å². The molecule has 2 aromatic heterocycles. The summed E-state index contributed by atoms with van der Waals surface area (Å²) in [5.41, 5.74) is 5.24. The highest BCUT2D eigenvalue weighted by Crippen LogP contribution is 2.33. The van der Waals surface area contributed by atoms with E-state index in [2.05, 4.69) is 68.4 Å². The fourth-order valence-corrected chi connectivity index (χ4v) is 6.22. The molecule has 2 aliphatic rings. The van der Waals surface area contributed by atoms with Gasteiger partial charge in [-0.2, -0.15) is 5.10 Å². The third kappa shape index (κ3) is 6.12. The number of aromatic amines is 1. The van der Waals surface area contributed by atoms with Crippen LogP contribution in [-0.2, 0) is 0 Å². The molecule has 2 aromatic carbocycles. The van der Waals surface area contributed by atoms with Crippen molar-refractivity contribution in [3.05, 3.63) is 63.5 Å². The smallest absolute Gasteiger partial charge is 0.255 e. The normalized spacial score (nSPS) is 16.0. The van der Waals surface area contributed by atoms with Crippen molar-refractivity contribution in [3.8, 4) is 0 Å². The molecule has 10 nitrogen and oxygen atoms in total. The number of H-pyrrole nitrogens is 1. The molecule has 2 aliphatic heterocycles. The topological polar surface area (TPSA) is 105 Å². The zero-order valence-electron chi connectivity index (χ0n) is 23.0. The molecular weight excluding hydrogens is 606 g/mol. The maximum atomic E-state index is 13.4. The number of carbonyl (C=O) groups excluding carboxylic acids is 1. The highest BCUT2D eigenvalue weighted by molar-refractivity contribution is 9.10. The predicted octanol–water partition coefficient (Wildman–Crippen LogP) is 5.16. The third-order valence-corrected chi connectivity index (χ3v) is 8.73. The van der Waals surface area contributed by atoms with E-state index in [1.54, 1.807) is 18.5 Å². The van der Waals surface area contributed by atoms with Gasteiger partial charge < -0.3 is 25.3 Å². The number of likely N-dealkylation sites (tertiary alicyclic amines) is 1. The molecule has 6 rings (SSSR count). The van der Waals surface area contributed by atoms with Gasteiger partial charge >= 0.3 is 0 Å². The van der Waals surface area contributed by atoms with Gasteiger partial charge in [-0.3, -0.25) is 9.89 Å². The number of amides is 1. The van der Waals surface area contributed by atoms with Gasteiger partial charge in [-0.25, -0.2) is 9.97 Å². The summed E-state index contributed by atoms with van der Waals surface area (Å²) in [5.74, 6) is 0.718. The first kappa shape index (κ1) is 27.7. The number of nitrogens with one attached hydrogen (secondary N) is 3. The van der Waals surface area contributed by atoms with Gasteiger partial charge in [0.2, 0.25) is 0 Å². The SMILES string of the molecule is Cc1c(NCCN2CCCC2)cc(C(=O)Nc2ccc(Cl)cc2)cc1N1CCN(c2ncnc3[nH]nc(Br)c23)CC1. The van der Waals surface area contributed by atoms with Gasteiger partial charge in [0.1, 0.15) is 16.7 Å². The summed E-state index contributed by atoms with van der Waals surface area (Å²) in [6, 6.07) is 11.2. The van der Waals surface area contributed by atoms with Gasteiger partial charge in [-0.15, -0.1) is 0 Å². The summed E-state index contributed by atoms with van der Waals surface area (Å²) in [7, 11) is 0. The predicted molar refractivity (Wildman–Crippen MR) is 169 cm³/mol. The molecule has 1 amide bonds. The van der Waals surface area contributed by atoms with Crippen LogP contribution in [0, 0.1) is 6.92 Å². The number of anilines is 4. The van der Waals surface area contributed by atoms with Crippen LogP contribution in [0.15, 0.2) is 47.3 Å². The van der Waals surface area contributed by atoms with Crippen LogP contribution in [0.4, 0.5) is 22.9 Å². The van der Waals surface area contributed by atoms with Gasteiger partial charge in [0.25, 0.3) is 5.91 Å². The molecule has 214 valence electrons. The number of benzene rings is 2. The minimum absolute atomic E-state index is 0.150. The number of aromatic nitrogens is 4. The molecule has 2 saturated heterocycles. The number of halogens is 2. The fraction of sp³-hybridized carbons (Fsp3) is 0.379. The second kappa shape index (κ2) is 12.2. The lowest BCUT2D eigenvalue weighted by atomic mass is 10.0. The van der Waals surface area contributed by atoms with E-state index in [9.17, 15) is 4.79 Å². The molecule has 0 radical (unpaired) electrons. The van der Waals surface area contributed by atoms with Crippen molar-refractivity contribution in [2.45, 2.75) is 19.8 Å². The lowest BCUT2D eigenvalue weighted by molar-refractivity contribution is 0.102. The Balaban J connectivity index is 1.23.